The van der Waals surface area contributed by atoms with Gasteiger partial charge < -0.3 is 10.1 Å². The lowest BCUT2D eigenvalue weighted by Gasteiger charge is -2.12. The summed E-state index contributed by atoms with van der Waals surface area (Å²) in [7, 11) is 0. The van der Waals surface area contributed by atoms with Gasteiger partial charge in [0.2, 0.25) is 5.91 Å². The van der Waals surface area contributed by atoms with Crippen molar-refractivity contribution in [3.63, 3.8) is 0 Å². The molecule has 0 saturated heterocycles. The van der Waals surface area contributed by atoms with Crippen molar-refractivity contribution >= 4 is 44.9 Å². The van der Waals surface area contributed by atoms with E-state index in [2.05, 4.69) is 52.2 Å². The van der Waals surface area contributed by atoms with Crippen LogP contribution in [-0.2, 0) is 17.9 Å². The van der Waals surface area contributed by atoms with Gasteiger partial charge in [0, 0.05) is 11.4 Å². The molecule has 170 valence electrons. The predicted octanol–water partition coefficient (Wildman–Crippen LogP) is 5.31. The van der Waals surface area contributed by atoms with Gasteiger partial charge in [-0.05, 0) is 43.2 Å². The Kier molecular flexibility index (Phi) is 7.10. The Morgan fingerprint density at radius 1 is 1.21 bits per heavy atom. The number of nitrogens with one attached hydrogen (secondary N) is 1. The number of amides is 1. The number of rotatable bonds is 9. The van der Waals surface area contributed by atoms with Crippen molar-refractivity contribution in [2.24, 2.45) is 0 Å². The maximum absolute atomic E-state index is 12.4. The largest absolute Gasteiger partial charge is 0.485 e. The smallest absolute Gasteiger partial charge is 0.236 e. The van der Waals surface area contributed by atoms with Crippen LogP contribution in [0.4, 0.5) is 5.13 Å². The first-order valence-electron chi connectivity index (χ1n) is 10.5. The fraction of sp³-hybridized carbons (Fsp3) is 0.250. The van der Waals surface area contributed by atoms with Gasteiger partial charge in [0.25, 0.3) is 0 Å². The van der Waals surface area contributed by atoms with Gasteiger partial charge in [-0.2, -0.15) is 0 Å². The van der Waals surface area contributed by atoms with E-state index in [0.29, 0.717) is 22.7 Å². The van der Waals surface area contributed by atoms with E-state index >= 15 is 0 Å². The number of ether oxygens (including phenoxy) is 1. The van der Waals surface area contributed by atoms with Gasteiger partial charge in [-0.25, -0.2) is 4.98 Å². The number of carbonyl (C=O) groups is 1. The first kappa shape index (κ1) is 23.0. The molecule has 7 nitrogen and oxygen atoms in total. The van der Waals surface area contributed by atoms with Crippen molar-refractivity contribution in [3.05, 3.63) is 71.0 Å². The van der Waals surface area contributed by atoms with Crippen molar-refractivity contribution in [1.29, 1.82) is 0 Å². The monoisotopic (exact) mass is 479 g/mol. The summed E-state index contributed by atoms with van der Waals surface area (Å²) in [5.74, 6) is 1.56. The van der Waals surface area contributed by atoms with Crippen LogP contribution >= 0.6 is 23.1 Å². The van der Waals surface area contributed by atoms with Crippen LogP contribution in [0.2, 0.25) is 0 Å². The highest BCUT2D eigenvalue weighted by molar-refractivity contribution is 7.99. The zero-order valence-corrected chi connectivity index (χ0v) is 20.4. The summed E-state index contributed by atoms with van der Waals surface area (Å²) in [6, 6.07) is 12.3. The van der Waals surface area contributed by atoms with E-state index in [1.54, 1.807) is 6.08 Å². The molecular formula is C24H25N5O2S2. The molecule has 4 rings (SSSR count). The van der Waals surface area contributed by atoms with Crippen LogP contribution < -0.4 is 10.1 Å². The van der Waals surface area contributed by atoms with Crippen LogP contribution in [-0.4, -0.2) is 31.4 Å². The second kappa shape index (κ2) is 10.2. The first-order valence-corrected chi connectivity index (χ1v) is 12.3. The fourth-order valence-corrected chi connectivity index (χ4v) is 4.96. The van der Waals surface area contributed by atoms with Crippen LogP contribution in [0.1, 0.15) is 22.0 Å². The zero-order chi connectivity index (χ0) is 23.4. The standard InChI is InChI=1S/C24H25N5O2S2/c1-5-12-29-21(13-31-20-11-10-18-8-6-7-9-19(18)15(20)2)27-28-24(29)32-14-22(30)26-23-25-16(3)17(4)33-23/h5-11H,1,12-14H2,2-4H3,(H,25,26,30). The van der Waals surface area contributed by atoms with Crippen LogP contribution in [0.3, 0.4) is 0 Å². The lowest BCUT2D eigenvalue weighted by atomic mass is 10.0. The highest BCUT2D eigenvalue weighted by Gasteiger charge is 2.16. The zero-order valence-electron chi connectivity index (χ0n) is 18.8. The summed E-state index contributed by atoms with van der Waals surface area (Å²) < 4.78 is 8.01. The molecule has 2 aromatic carbocycles. The molecule has 0 bridgehead atoms. The van der Waals surface area contributed by atoms with Crippen molar-refractivity contribution in [2.45, 2.75) is 39.1 Å². The van der Waals surface area contributed by atoms with E-state index in [0.717, 1.165) is 27.3 Å². The van der Waals surface area contributed by atoms with E-state index in [-0.39, 0.29) is 18.3 Å². The van der Waals surface area contributed by atoms with Crippen LogP contribution in [0.5, 0.6) is 5.75 Å². The molecule has 0 radical (unpaired) electrons. The second-order valence-electron chi connectivity index (χ2n) is 7.49. The minimum Gasteiger partial charge on any atom is -0.485 e. The summed E-state index contributed by atoms with van der Waals surface area (Å²) in [5, 5.41) is 15.0. The van der Waals surface area contributed by atoms with Crippen LogP contribution in [0.25, 0.3) is 10.8 Å². The Balaban J connectivity index is 1.42. The number of hydrogen-bond acceptors (Lipinski definition) is 7. The number of hydrogen-bond donors (Lipinski definition) is 1. The van der Waals surface area contributed by atoms with Crippen molar-refractivity contribution in [2.75, 3.05) is 11.1 Å². The molecule has 0 unspecified atom stereocenters. The number of thioether (sulfide) groups is 1. The van der Waals surface area contributed by atoms with Gasteiger partial charge in [-0.1, -0.05) is 48.2 Å². The molecule has 0 aliphatic carbocycles. The number of anilines is 1. The summed E-state index contributed by atoms with van der Waals surface area (Å²) in [5.41, 5.74) is 2.02. The lowest BCUT2D eigenvalue weighted by Crippen LogP contribution is -2.15. The van der Waals surface area contributed by atoms with Gasteiger partial charge in [-0.3, -0.25) is 9.36 Å². The van der Waals surface area contributed by atoms with Crippen LogP contribution in [0, 0.1) is 20.8 Å². The molecule has 1 N–H and O–H groups in total. The molecule has 0 fully saturated rings. The number of benzene rings is 2. The van der Waals surface area contributed by atoms with Gasteiger partial charge in [-0.15, -0.1) is 28.1 Å². The summed E-state index contributed by atoms with van der Waals surface area (Å²) in [6.45, 7) is 10.6. The van der Waals surface area contributed by atoms with E-state index < -0.39 is 0 Å². The molecule has 4 aromatic rings. The Bertz CT molecular complexity index is 1290. The Morgan fingerprint density at radius 3 is 2.79 bits per heavy atom. The number of thiazole rings is 1. The highest BCUT2D eigenvalue weighted by Crippen LogP contribution is 2.28. The Hall–Kier alpha value is -3.17. The molecular weight excluding hydrogens is 454 g/mol. The van der Waals surface area contributed by atoms with E-state index in [9.17, 15) is 4.79 Å². The molecule has 0 spiro atoms. The Morgan fingerprint density at radius 2 is 2.03 bits per heavy atom. The number of allylic oxidation sites excluding steroid dienone is 1. The summed E-state index contributed by atoms with van der Waals surface area (Å²) in [4.78, 5) is 17.8. The average Bonchev–Trinajstić information content (AvgIpc) is 3.33. The molecule has 1 amide bonds. The Labute approximate surface area is 200 Å². The quantitative estimate of drug-likeness (QED) is 0.259. The molecule has 0 saturated carbocycles. The number of carbonyl (C=O) groups excluding carboxylic acids is 1. The van der Waals surface area contributed by atoms with Gasteiger partial charge in [0.15, 0.2) is 16.1 Å². The molecule has 0 atom stereocenters. The third kappa shape index (κ3) is 5.26. The van der Waals surface area contributed by atoms with Crippen molar-refractivity contribution < 1.29 is 9.53 Å². The molecule has 9 heteroatoms. The van der Waals surface area contributed by atoms with E-state index in [1.807, 2.05) is 36.6 Å². The molecule has 33 heavy (non-hydrogen) atoms. The maximum atomic E-state index is 12.4. The maximum Gasteiger partial charge on any atom is 0.236 e. The minimum absolute atomic E-state index is 0.133. The SMILES string of the molecule is C=CCn1c(COc2ccc3ccccc3c2C)nnc1SCC(=O)Nc1nc(C)c(C)s1. The fourth-order valence-electron chi connectivity index (χ4n) is 3.36. The minimum atomic E-state index is -0.133. The lowest BCUT2D eigenvalue weighted by molar-refractivity contribution is -0.113. The third-order valence-corrected chi connectivity index (χ3v) is 7.17. The number of nitrogens with zero attached hydrogens (tertiary/aromatic N) is 4. The number of aryl methyl sites for hydroxylation is 3. The normalized spacial score (nSPS) is 11.0. The third-order valence-electron chi connectivity index (χ3n) is 5.22. The second-order valence-corrected chi connectivity index (χ2v) is 9.64. The molecule has 2 aromatic heterocycles. The summed E-state index contributed by atoms with van der Waals surface area (Å²) in [6.07, 6.45) is 1.78. The van der Waals surface area contributed by atoms with E-state index in [4.69, 9.17) is 4.74 Å². The van der Waals surface area contributed by atoms with Crippen molar-refractivity contribution in [1.82, 2.24) is 19.7 Å². The molecule has 0 aliphatic rings. The molecule has 0 aliphatic heterocycles. The number of aromatic nitrogens is 4. The average molecular weight is 480 g/mol. The number of fused-ring (bicyclic) bond motifs is 1. The predicted molar refractivity (Wildman–Crippen MR) is 134 cm³/mol. The first-order chi connectivity index (χ1) is 16.0. The van der Waals surface area contributed by atoms with Gasteiger partial charge in [0.1, 0.15) is 12.4 Å². The topological polar surface area (TPSA) is 81.9 Å². The molecule has 2 heterocycles. The van der Waals surface area contributed by atoms with Crippen LogP contribution in [0.15, 0.2) is 54.2 Å². The van der Waals surface area contributed by atoms with Gasteiger partial charge in [0.05, 0.1) is 11.4 Å². The highest BCUT2D eigenvalue weighted by atomic mass is 32.2. The van der Waals surface area contributed by atoms with E-state index in [1.165, 1.54) is 28.5 Å². The van der Waals surface area contributed by atoms with Crippen molar-refractivity contribution in [3.8, 4) is 5.75 Å². The summed E-state index contributed by atoms with van der Waals surface area (Å²) >= 11 is 2.79. The van der Waals surface area contributed by atoms with Gasteiger partial charge >= 0.3 is 0 Å².